The Morgan fingerprint density at radius 1 is 1.20 bits per heavy atom. The summed E-state index contributed by atoms with van der Waals surface area (Å²) < 4.78 is 18.8. The highest BCUT2D eigenvalue weighted by molar-refractivity contribution is 7.88. The lowest BCUT2D eigenvalue weighted by Gasteiger charge is -2.09. The minimum atomic E-state index is -3.17. The molecule has 0 radical (unpaired) electrons. The predicted octanol–water partition coefficient (Wildman–Crippen LogP) is 1.98. The number of nitrogens with two attached hydrogens (primary N) is 1. The Kier molecular flexibility index (Phi) is 7.45. The standard InChI is InChI=1S/C13H18O2.CH5NO2S/c1-9(2)8-11-4-6-12(7-5-11)10(3)13(14)15;1-5(2,3)4/h4-7,9-10H,8H2,1-3H3,(H,14,15);1H3,(H2,2,3,4). The van der Waals surface area contributed by atoms with Crippen LogP contribution in [-0.2, 0) is 21.2 Å². The van der Waals surface area contributed by atoms with Crippen LogP contribution in [0.5, 0.6) is 0 Å². The second kappa shape index (κ2) is 8.01. The zero-order valence-corrected chi connectivity index (χ0v) is 13.1. The molecule has 0 spiro atoms. The zero-order valence-electron chi connectivity index (χ0n) is 12.3. The van der Waals surface area contributed by atoms with Gasteiger partial charge < -0.3 is 5.11 Å². The molecule has 1 aromatic carbocycles. The Morgan fingerprint density at radius 3 is 1.90 bits per heavy atom. The zero-order chi connectivity index (χ0) is 15.9. The van der Waals surface area contributed by atoms with E-state index in [1.165, 1.54) is 5.56 Å². The van der Waals surface area contributed by atoms with E-state index in [1.807, 2.05) is 24.3 Å². The Morgan fingerprint density at radius 2 is 1.60 bits per heavy atom. The first-order chi connectivity index (χ1) is 9.00. The van der Waals surface area contributed by atoms with Gasteiger partial charge in [-0.15, -0.1) is 0 Å². The van der Waals surface area contributed by atoms with Crippen molar-refractivity contribution in [2.24, 2.45) is 11.1 Å². The van der Waals surface area contributed by atoms with E-state index in [9.17, 15) is 13.2 Å². The Bertz CT molecular complexity index is 513. The van der Waals surface area contributed by atoms with Crippen LogP contribution < -0.4 is 5.14 Å². The fourth-order valence-corrected chi connectivity index (χ4v) is 1.56. The van der Waals surface area contributed by atoms with Crippen molar-refractivity contribution in [1.82, 2.24) is 0 Å². The quantitative estimate of drug-likeness (QED) is 0.888. The van der Waals surface area contributed by atoms with Crippen LogP contribution in [0.2, 0.25) is 0 Å². The first-order valence-electron chi connectivity index (χ1n) is 6.30. The van der Waals surface area contributed by atoms with E-state index < -0.39 is 21.9 Å². The molecule has 0 aromatic heterocycles. The molecular formula is C14H23NO4S. The fourth-order valence-electron chi connectivity index (χ4n) is 1.56. The molecule has 0 aliphatic heterocycles. The number of carbonyl (C=O) groups is 1. The van der Waals surface area contributed by atoms with Crippen LogP contribution >= 0.6 is 0 Å². The summed E-state index contributed by atoms with van der Waals surface area (Å²) in [6.45, 7) is 6.06. The molecule has 0 saturated carbocycles. The third-order valence-electron chi connectivity index (χ3n) is 2.49. The van der Waals surface area contributed by atoms with E-state index in [4.69, 9.17) is 5.11 Å². The van der Waals surface area contributed by atoms with Gasteiger partial charge in [-0.25, -0.2) is 13.6 Å². The molecule has 1 unspecified atom stereocenters. The van der Waals surface area contributed by atoms with Gasteiger partial charge in [-0.1, -0.05) is 38.1 Å². The summed E-state index contributed by atoms with van der Waals surface area (Å²) in [5.74, 6) is -0.558. The molecule has 1 rings (SSSR count). The molecule has 0 bridgehead atoms. The number of carboxylic acid groups (broad SMARTS) is 1. The number of aliphatic carboxylic acids is 1. The van der Waals surface area contributed by atoms with Crippen LogP contribution in [0.15, 0.2) is 24.3 Å². The lowest BCUT2D eigenvalue weighted by molar-refractivity contribution is -0.138. The molecule has 5 nitrogen and oxygen atoms in total. The lowest BCUT2D eigenvalue weighted by atomic mass is 9.97. The molecule has 0 fully saturated rings. The van der Waals surface area contributed by atoms with Crippen molar-refractivity contribution in [1.29, 1.82) is 0 Å². The van der Waals surface area contributed by atoms with Gasteiger partial charge in [0.2, 0.25) is 10.0 Å². The highest BCUT2D eigenvalue weighted by Gasteiger charge is 2.12. The average Bonchev–Trinajstić information content (AvgIpc) is 2.26. The Hall–Kier alpha value is -1.40. The van der Waals surface area contributed by atoms with Crippen LogP contribution in [0.25, 0.3) is 0 Å². The summed E-state index contributed by atoms with van der Waals surface area (Å²) >= 11 is 0. The molecule has 1 aromatic rings. The topological polar surface area (TPSA) is 97.5 Å². The molecule has 0 aliphatic rings. The number of benzene rings is 1. The van der Waals surface area contributed by atoms with Crippen molar-refractivity contribution in [2.45, 2.75) is 33.1 Å². The van der Waals surface area contributed by atoms with Crippen LogP contribution in [0.3, 0.4) is 0 Å². The van der Waals surface area contributed by atoms with Crippen molar-refractivity contribution in [3.63, 3.8) is 0 Å². The Balaban J connectivity index is 0.000000621. The van der Waals surface area contributed by atoms with Crippen molar-refractivity contribution in [3.05, 3.63) is 35.4 Å². The minimum absolute atomic E-state index is 0.418. The monoisotopic (exact) mass is 301 g/mol. The fraction of sp³-hybridized carbons (Fsp3) is 0.500. The maximum Gasteiger partial charge on any atom is 0.310 e. The van der Waals surface area contributed by atoms with Crippen LogP contribution in [-0.4, -0.2) is 25.7 Å². The third kappa shape index (κ3) is 9.52. The number of rotatable bonds is 4. The maximum absolute atomic E-state index is 10.8. The average molecular weight is 301 g/mol. The molecule has 6 heteroatoms. The smallest absolute Gasteiger partial charge is 0.310 e. The molecule has 114 valence electrons. The molecule has 0 aliphatic carbocycles. The summed E-state index contributed by atoms with van der Waals surface area (Å²) in [6, 6.07) is 7.87. The first-order valence-corrected chi connectivity index (χ1v) is 8.25. The molecule has 1 atom stereocenters. The molecule has 0 saturated heterocycles. The number of carboxylic acids is 1. The summed E-state index contributed by atoms with van der Waals surface area (Å²) in [5.41, 5.74) is 2.14. The number of hydrogen-bond acceptors (Lipinski definition) is 3. The predicted molar refractivity (Wildman–Crippen MR) is 80.1 cm³/mol. The van der Waals surface area contributed by atoms with Gasteiger partial charge in [0.15, 0.2) is 0 Å². The van der Waals surface area contributed by atoms with Crippen LogP contribution in [0.1, 0.15) is 37.8 Å². The van der Waals surface area contributed by atoms with Gasteiger partial charge in [0, 0.05) is 0 Å². The molecule has 0 amide bonds. The van der Waals surface area contributed by atoms with E-state index in [0.717, 1.165) is 18.2 Å². The molecule has 0 heterocycles. The second-order valence-electron chi connectivity index (χ2n) is 5.23. The van der Waals surface area contributed by atoms with Gasteiger partial charge in [-0.3, -0.25) is 4.79 Å². The first kappa shape index (κ1) is 18.6. The lowest BCUT2D eigenvalue weighted by Crippen LogP contribution is -2.07. The van der Waals surface area contributed by atoms with Gasteiger partial charge in [-0.05, 0) is 30.4 Å². The van der Waals surface area contributed by atoms with Crippen molar-refractivity contribution >= 4 is 16.0 Å². The van der Waals surface area contributed by atoms with Gasteiger partial charge in [0.1, 0.15) is 0 Å². The van der Waals surface area contributed by atoms with Gasteiger partial charge in [0.05, 0.1) is 12.2 Å². The minimum Gasteiger partial charge on any atom is -0.481 e. The second-order valence-corrected chi connectivity index (χ2v) is 6.89. The van der Waals surface area contributed by atoms with Gasteiger partial charge in [-0.2, -0.15) is 0 Å². The molecule has 3 N–H and O–H groups in total. The third-order valence-corrected chi connectivity index (χ3v) is 2.49. The number of sulfonamides is 1. The maximum atomic E-state index is 10.8. The van der Waals surface area contributed by atoms with E-state index in [0.29, 0.717) is 5.92 Å². The van der Waals surface area contributed by atoms with E-state index >= 15 is 0 Å². The number of hydrogen-bond donors (Lipinski definition) is 2. The largest absolute Gasteiger partial charge is 0.481 e. The summed E-state index contributed by atoms with van der Waals surface area (Å²) in [7, 11) is -3.17. The van der Waals surface area contributed by atoms with Crippen LogP contribution in [0.4, 0.5) is 0 Å². The summed E-state index contributed by atoms with van der Waals surface area (Å²) in [6.07, 6.45) is 1.98. The van der Waals surface area contributed by atoms with E-state index in [2.05, 4.69) is 19.0 Å². The van der Waals surface area contributed by atoms with Gasteiger partial charge >= 0.3 is 5.97 Å². The normalized spacial score (nSPS) is 12.5. The van der Waals surface area contributed by atoms with Crippen LogP contribution in [0, 0.1) is 5.92 Å². The van der Waals surface area contributed by atoms with E-state index in [-0.39, 0.29) is 0 Å². The highest BCUT2D eigenvalue weighted by Crippen LogP contribution is 2.17. The summed E-state index contributed by atoms with van der Waals surface area (Å²) in [5, 5.41) is 13.2. The summed E-state index contributed by atoms with van der Waals surface area (Å²) in [4.78, 5) is 10.8. The van der Waals surface area contributed by atoms with Crippen molar-refractivity contribution in [2.75, 3.05) is 6.26 Å². The molecular weight excluding hydrogens is 278 g/mol. The highest BCUT2D eigenvalue weighted by atomic mass is 32.2. The van der Waals surface area contributed by atoms with E-state index in [1.54, 1.807) is 6.92 Å². The van der Waals surface area contributed by atoms with Gasteiger partial charge in [0.25, 0.3) is 0 Å². The Labute approximate surface area is 120 Å². The molecule has 20 heavy (non-hydrogen) atoms. The van der Waals surface area contributed by atoms with Crippen molar-refractivity contribution in [3.8, 4) is 0 Å². The number of primary sulfonamides is 1. The SMILES string of the molecule is CC(C)Cc1ccc(C(C)C(=O)O)cc1.CS(N)(=O)=O. The van der Waals surface area contributed by atoms with Crippen molar-refractivity contribution < 1.29 is 18.3 Å².